The number of ether oxygens (including phenoxy) is 1. The van der Waals surface area contributed by atoms with Crippen molar-refractivity contribution in [3.8, 4) is 0 Å². The van der Waals surface area contributed by atoms with Crippen molar-refractivity contribution >= 4 is 29.9 Å². The molecule has 1 aliphatic rings. The van der Waals surface area contributed by atoms with Crippen molar-refractivity contribution in [3.05, 3.63) is 0 Å². The molecule has 1 unspecified atom stereocenters. The third-order valence-corrected chi connectivity index (χ3v) is 4.03. The van der Waals surface area contributed by atoms with E-state index in [0.29, 0.717) is 18.2 Å². The minimum Gasteiger partial charge on any atom is -0.376 e. The van der Waals surface area contributed by atoms with E-state index in [1.165, 1.54) is 6.42 Å². The van der Waals surface area contributed by atoms with Crippen molar-refractivity contribution in [2.75, 3.05) is 32.8 Å². The smallest absolute Gasteiger partial charge is 0.191 e. The van der Waals surface area contributed by atoms with Crippen LogP contribution in [0.3, 0.4) is 0 Å². The molecule has 1 aliphatic heterocycles. The number of guanidine groups is 1. The highest BCUT2D eigenvalue weighted by Gasteiger charge is 2.15. The summed E-state index contributed by atoms with van der Waals surface area (Å²) in [5.74, 6) is 0.915. The molecule has 1 heterocycles. The van der Waals surface area contributed by atoms with Gasteiger partial charge < -0.3 is 15.4 Å². The number of nitrogens with one attached hydrogen (secondary N) is 2. The number of rotatable bonds is 9. The highest BCUT2D eigenvalue weighted by Crippen LogP contribution is 2.11. The summed E-state index contributed by atoms with van der Waals surface area (Å²) in [6.45, 7) is 15.8. The summed E-state index contributed by atoms with van der Waals surface area (Å²) in [6, 6.07) is 1.20. The Morgan fingerprint density at radius 3 is 2.43 bits per heavy atom. The van der Waals surface area contributed by atoms with Crippen LogP contribution in [0.4, 0.5) is 0 Å². The zero-order valence-corrected chi connectivity index (χ0v) is 17.9. The highest BCUT2D eigenvalue weighted by molar-refractivity contribution is 14.0. The van der Waals surface area contributed by atoms with Crippen LogP contribution in [-0.4, -0.2) is 61.8 Å². The molecule has 0 spiro atoms. The first kappa shape index (κ1) is 22.9. The van der Waals surface area contributed by atoms with E-state index in [2.05, 4.69) is 55.1 Å². The standard InChI is InChI=1S/C17H36N4O.HI/c1-6-18-17(20-13-16-9-7-12-22-16)19-10-8-11-21(14(2)3)15(4)5;/h14-16H,6-13H2,1-5H3,(H2,18,19,20);1H. The van der Waals surface area contributed by atoms with Crippen molar-refractivity contribution in [1.82, 2.24) is 15.5 Å². The maximum Gasteiger partial charge on any atom is 0.191 e. The molecule has 0 saturated carbocycles. The SMILES string of the molecule is CCNC(=NCC1CCCO1)NCCCN(C(C)C)C(C)C.I. The minimum atomic E-state index is 0. The summed E-state index contributed by atoms with van der Waals surface area (Å²) < 4.78 is 5.62. The predicted molar refractivity (Wildman–Crippen MR) is 110 cm³/mol. The topological polar surface area (TPSA) is 48.9 Å². The summed E-state index contributed by atoms with van der Waals surface area (Å²) >= 11 is 0. The highest BCUT2D eigenvalue weighted by atomic mass is 127. The summed E-state index contributed by atoms with van der Waals surface area (Å²) in [4.78, 5) is 7.16. The maximum atomic E-state index is 5.62. The largest absolute Gasteiger partial charge is 0.376 e. The molecule has 1 fully saturated rings. The fourth-order valence-corrected chi connectivity index (χ4v) is 2.90. The van der Waals surface area contributed by atoms with Gasteiger partial charge in [-0.25, -0.2) is 0 Å². The van der Waals surface area contributed by atoms with E-state index < -0.39 is 0 Å². The monoisotopic (exact) mass is 440 g/mol. The van der Waals surface area contributed by atoms with Crippen LogP contribution in [0.15, 0.2) is 4.99 Å². The van der Waals surface area contributed by atoms with Gasteiger partial charge in [0.05, 0.1) is 12.6 Å². The summed E-state index contributed by atoms with van der Waals surface area (Å²) in [7, 11) is 0. The average molecular weight is 440 g/mol. The van der Waals surface area contributed by atoms with Crippen molar-refractivity contribution in [2.45, 2.75) is 72.1 Å². The lowest BCUT2D eigenvalue weighted by atomic mass is 10.2. The molecule has 0 amide bonds. The van der Waals surface area contributed by atoms with Crippen molar-refractivity contribution < 1.29 is 4.74 Å². The van der Waals surface area contributed by atoms with Crippen molar-refractivity contribution in [3.63, 3.8) is 0 Å². The molecule has 1 saturated heterocycles. The molecule has 6 heteroatoms. The molecule has 0 aromatic heterocycles. The van der Waals surface area contributed by atoms with Crippen LogP contribution < -0.4 is 10.6 Å². The molecular formula is C17H37IN4O. The molecule has 5 nitrogen and oxygen atoms in total. The molecule has 2 N–H and O–H groups in total. The lowest BCUT2D eigenvalue weighted by Gasteiger charge is -2.30. The number of halogens is 1. The van der Waals surface area contributed by atoms with Crippen LogP contribution in [0.25, 0.3) is 0 Å². The molecule has 1 rings (SSSR count). The fourth-order valence-electron chi connectivity index (χ4n) is 2.90. The van der Waals surface area contributed by atoms with Gasteiger partial charge in [-0.15, -0.1) is 24.0 Å². The average Bonchev–Trinajstić information content (AvgIpc) is 2.96. The van der Waals surface area contributed by atoms with Crippen LogP contribution in [0, 0.1) is 0 Å². The first-order valence-electron chi connectivity index (χ1n) is 8.94. The molecular weight excluding hydrogens is 403 g/mol. The second kappa shape index (κ2) is 13.2. The number of aliphatic imine (C=N–C) groups is 1. The van der Waals surface area contributed by atoms with E-state index in [9.17, 15) is 0 Å². The molecule has 0 aromatic rings. The Morgan fingerprint density at radius 2 is 1.91 bits per heavy atom. The van der Waals surface area contributed by atoms with Crippen LogP contribution in [0.5, 0.6) is 0 Å². The Morgan fingerprint density at radius 1 is 1.22 bits per heavy atom. The maximum absolute atomic E-state index is 5.62. The van der Waals surface area contributed by atoms with Crippen molar-refractivity contribution in [1.29, 1.82) is 0 Å². The number of hydrogen-bond donors (Lipinski definition) is 2. The van der Waals surface area contributed by atoms with Gasteiger partial charge in [-0.1, -0.05) is 0 Å². The zero-order valence-electron chi connectivity index (χ0n) is 15.6. The van der Waals surface area contributed by atoms with E-state index in [1.54, 1.807) is 0 Å². The molecule has 0 bridgehead atoms. The van der Waals surface area contributed by atoms with Gasteiger partial charge in [0, 0.05) is 38.3 Å². The zero-order chi connectivity index (χ0) is 16.4. The molecule has 1 atom stereocenters. The van der Waals surface area contributed by atoms with Gasteiger partial charge in [0.2, 0.25) is 0 Å². The molecule has 0 aliphatic carbocycles. The Labute approximate surface area is 160 Å². The van der Waals surface area contributed by atoms with Crippen LogP contribution in [0.2, 0.25) is 0 Å². The predicted octanol–water partition coefficient (Wildman–Crippen LogP) is 2.85. The third-order valence-electron chi connectivity index (χ3n) is 4.03. The van der Waals surface area contributed by atoms with Crippen LogP contribution in [0.1, 0.15) is 53.9 Å². The fraction of sp³-hybridized carbons (Fsp3) is 0.941. The van der Waals surface area contributed by atoms with Gasteiger partial charge in [-0.3, -0.25) is 9.89 Å². The number of hydrogen-bond acceptors (Lipinski definition) is 3. The Hall–Kier alpha value is -0.0800. The normalized spacial score (nSPS) is 18.6. The van der Waals surface area contributed by atoms with Crippen LogP contribution >= 0.6 is 24.0 Å². The summed E-state index contributed by atoms with van der Waals surface area (Å²) in [5.41, 5.74) is 0. The van der Waals surface area contributed by atoms with Crippen LogP contribution in [-0.2, 0) is 4.74 Å². The first-order valence-corrected chi connectivity index (χ1v) is 8.94. The van der Waals surface area contributed by atoms with E-state index in [-0.39, 0.29) is 24.0 Å². The van der Waals surface area contributed by atoms with Gasteiger partial charge in [0.15, 0.2) is 5.96 Å². The van der Waals surface area contributed by atoms with Gasteiger partial charge >= 0.3 is 0 Å². The summed E-state index contributed by atoms with van der Waals surface area (Å²) in [6.07, 6.45) is 3.75. The third kappa shape index (κ3) is 9.72. The minimum absolute atomic E-state index is 0. The second-order valence-electron chi connectivity index (χ2n) is 6.56. The summed E-state index contributed by atoms with van der Waals surface area (Å²) in [5, 5.41) is 6.74. The second-order valence-corrected chi connectivity index (χ2v) is 6.56. The van der Waals surface area contributed by atoms with Crippen molar-refractivity contribution in [2.24, 2.45) is 4.99 Å². The van der Waals surface area contributed by atoms with E-state index in [0.717, 1.165) is 51.6 Å². The lowest BCUT2D eigenvalue weighted by Crippen LogP contribution is -2.41. The van der Waals surface area contributed by atoms with Gasteiger partial charge in [-0.05, 0) is 53.9 Å². The lowest BCUT2D eigenvalue weighted by molar-refractivity contribution is 0.117. The molecule has 23 heavy (non-hydrogen) atoms. The molecule has 138 valence electrons. The van der Waals surface area contributed by atoms with Gasteiger partial charge in [-0.2, -0.15) is 0 Å². The van der Waals surface area contributed by atoms with Gasteiger partial charge in [0.1, 0.15) is 0 Å². The van der Waals surface area contributed by atoms with E-state index >= 15 is 0 Å². The quantitative estimate of drug-likeness (QED) is 0.251. The Bertz CT molecular complexity index is 310. The van der Waals surface area contributed by atoms with Gasteiger partial charge in [0.25, 0.3) is 0 Å². The van der Waals surface area contributed by atoms with E-state index in [4.69, 9.17) is 4.74 Å². The Balaban J connectivity index is 0.00000484. The molecule has 0 aromatic carbocycles. The molecule has 0 radical (unpaired) electrons. The van der Waals surface area contributed by atoms with E-state index in [1.807, 2.05) is 0 Å². The Kier molecular flexibility index (Phi) is 13.2. The number of nitrogens with zero attached hydrogens (tertiary/aromatic N) is 2. The first-order chi connectivity index (χ1) is 10.5.